The maximum Gasteiger partial charge on any atom is 0.411 e. The molecule has 1 aromatic rings. The number of carbonyl (C=O) groups excluding carboxylic acids is 1. The fourth-order valence-corrected chi connectivity index (χ4v) is 1.23. The van der Waals surface area contributed by atoms with E-state index in [9.17, 15) is 31.1 Å². The van der Waals surface area contributed by atoms with Crippen LogP contribution in [0.3, 0.4) is 0 Å². The van der Waals surface area contributed by atoms with Gasteiger partial charge in [-0.1, -0.05) is 0 Å². The lowest BCUT2D eigenvalue weighted by molar-refractivity contribution is -0.173. The normalized spacial score (nSPS) is 11.7. The van der Waals surface area contributed by atoms with E-state index in [0.29, 0.717) is 6.07 Å². The minimum absolute atomic E-state index is 0.558. The summed E-state index contributed by atoms with van der Waals surface area (Å²) in [7, 11) is 0. The largest absolute Gasteiger partial charge is 0.411 e. The third-order valence-electron chi connectivity index (χ3n) is 2.07. The van der Waals surface area contributed by atoms with Crippen LogP contribution in [0.5, 0.6) is 0 Å². The lowest BCUT2D eigenvalue weighted by atomic mass is 10.1. The van der Waals surface area contributed by atoms with Gasteiger partial charge in [-0.3, -0.25) is 4.79 Å². The minimum Gasteiger partial charge on any atom is -0.372 e. The van der Waals surface area contributed by atoms with Gasteiger partial charge in [0.15, 0.2) is 23.2 Å². The van der Waals surface area contributed by atoms with Gasteiger partial charge >= 0.3 is 6.18 Å². The maximum absolute atomic E-state index is 13.2. The number of alkyl halides is 3. The summed E-state index contributed by atoms with van der Waals surface area (Å²) in [6.45, 7) is -2.14. The van der Waals surface area contributed by atoms with Gasteiger partial charge < -0.3 is 4.74 Å². The molecule has 2 nitrogen and oxygen atoms in total. The Morgan fingerprint density at radius 1 is 1.11 bits per heavy atom. The van der Waals surface area contributed by atoms with Gasteiger partial charge in [-0.05, 0) is 12.1 Å². The van der Waals surface area contributed by atoms with Crippen LogP contribution in [0.25, 0.3) is 0 Å². The molecule has 19 heavy (non-hydrogen) atoms. The molecule has 0 bridgehead atoms. The Bertz CT molecular complexity index is 469. The molecule has 0 unspecified atom stereocenters. The van der Waals surface area contributed by atoms with E-state index in [1.165, 1.54) is 0 Å². The Hall–Kier alpha value is -1.57. The highest BCUT2D eigenvalue weighted by molar-refractivity contribution is 5.96. The molecule has 0 atom stereocenters. The number of rotatable bonds is 5. The number of hydrogen-bond donors (Lipinski definition) is 0. The fourth-order valence-electron chi connectivity index (χ4n) is 1.23. The van der Waals surface area contributed by atoms with E-state index in [1.807, 2.05) is 0 Å². The lowest BCUT2D eigenvalue weighted by Crippen LogP contribution is -2.18. The smallest absolute Gasteiger partial charge is 0.372 e. The Morgan fingerprint density at radius 2 is 1.74 bits per heavy atom. The second kappa shape index (κ2) is 6.05. The molecule has 8 heteroatoms. The predicted molar refractivity (Wildman–Crippen MR) is 52.1 cm³/mol. The molecule has 0 radical (unpaired) electrons. The molecule has 0 aliphatic carbocycles. The van der Waals surface area contributed by atoms with E-state index < -0.39 is 54.6 Å². The second-order valence-electron chi connectivity index (χ2n) is 3.56. The zero-order chi connectivity index (χ0) is 14.6. The minimum atomic E-state index is -4.53. The number of hydrogen-bond acceptors (Lipinski definition) is 2. The number of ketones is 1. The van der Waals surface area contributed by atoms with Crippen LogP contribution in [0, 0.1) is 17.5 Å². The van der Waals surface area contributed by atoms with E-state index >= 15 is 0 Å². The molecule has 0 amide bonds. The molecule has 0 fully saturated rings. The van der Waals surface area contributed by atoms with Crippen molar-refractivity contribution in [2.45, 2.75) is 12.6 Å². The molecule has 0 spiro atoms. The highest BCUT2D eigenvalue weighted by atomic mass is 19.4. The van der Waals surface area contributed by atoms with Crippen molar-refractivity contribution < 1.29 is 35.9 Å². The van der Waals surface area contributed by atoms with Crippen molar-refractivity contribution in [1.29, 1.82) is 0 Å². The van der Waals surface area contributed by atoms with Crippen molar-refractivity contribution in [2.24, 2.45) is 0 Å². The van der Waals surface area contributed by atoms with Crippen molar-refractivity contribution >= 4 is 5.78 Å². The van der Waals surface area contributed by atoms with E-state index in [-0.39, 0.29) is 0 Å². The zero-order valence-electron chi connectivity index (χ0n) is 9.36. The number of benzene rings is 1. The standard InChI is InChI=1S/C11H8F6O2/c12-7-2-1-6(9(13)10(7)14)8(18)3-4-19-5-11(15,16)17/h1-2H,3-5H2. The van der Waals surface area contributed by atoms with Gasteiger partial charge in [0, 0.05) is 6.42 Å². The zero-order valence-corrected chi connectivity index (χ0v) is 9.36. The van der Waals surface area contributed by atoms with Gasteiger partial charge in [0.1, 0.15) is 6.61 Å². The summed E-state index contributed by atoms with van der Waals surface area (Å²) in [6, 6.07) is 1.28. The average molecular weight is 286 g/mol. The molecular weight excluding hydrogens is 278 g/mol. The molecule has 1 aromatic carbocycles. The van der Waals surface area contributed by atoms with Crippen molar-refractivity contribution in [1.82, 2.24) is 0 Å². The Morgan fingerprint density at radius 3 is 2.32 bits per heavy atom. The summed E-state index contributed by atoms with van der Waals surface area (Å²) < 4.78 is 77.8. The van der Waals surface area contributed by atoms with Gasteiger partial charge in [0.2, 0.25) is 0 Å². The molecular formula is C11H8F6O2. The third kappa shape index (κ3) is 4.55. The van der Waals surface area contributed by atoms with Gasteiger partial charge in [0.25, 0.3) is 0 Å². The molecule has 0 aliphatic heterocycles. The van der Waals surface area contributed by atoms with Crippen LogP contribution in [0.15, 0.2) is 12.1 Å². The first-order chi connectivity index (χ1) is 8.72. The highest BCUT2D eigenvalue weighted by Gasteiger charge is 2.27. The molecule has 0 saturated carbocycles. The van der Waals surface area contributed by atoms with E-state index in [2.05, 4.69) is 4.74 Å². The first-order valence-electron chi connectivity index (χ1n) is 5.03. The predicted octanol–water partition coefficient (Wildman–Crippen LogP) is 3.26. The molecule has 0 heterocycles. The summed E-state index contributed by atoms with van der Waals surface area (Å²) in [5.74, 6) is -5.90. The Labute approximate surface area is 104 Å². The number of halogens is 6. The van der Waals surface area contributed by atoms with Crippen LogP contribution in [0.2, 0.25) is 0 Å². The Balaban J connectivity index is 2.58. The topological polar surface area (TPSA) is 26.3 Å². The quantitative estimate of drug-likeness (QED) is 0.359. The molecule has 0 aromatic heterocycles. The third-order valence-corrected chi connectivity index (χ3v) is 2.07. The van der Waals surface area contributed by atoms with Crippen LogP contribution >= 0.6 is 0 Å². The van der Waals surface area contributed by atoms with E-state index in [1.54, 1.807) is 0 Å². The van der Waals surface area contributed by atoms with Crippen LogP contribution < -0.4 is 0 Å². The summed E-state index contributed by atoms with van der Waals surface area (Å²) in [4.78, 5) is 11.4. The van der Waals surface area contributed by atoms with Crippen molar-refractivity contribution in [2.75, 3.05) is 13.2 Å². The molecule has 1 rings (SSSR count). The molecule has 106 valence electrons. The molecule has 0 aliphatic rings. The first-order valence-corrected chi connectivity index (χ1v) is 5.03. The number of carbonyl (C=O) groups is 1. The SMILES string of the molecule is O=C(CCOCC(F)(F)F)c1ccc(F)c(F)c1F. The number of Topliss-reactive ketones (excluding diaryl/α,β-unsaturated/α-hetero) is 1. The number of ether oxygens (including phenoxy) is 1. The first kappa shape index (κ1) is 15.5. The van der Waals surface area contributed by atoms with Crippen molar-refractivity contribution in [3.8, 4) is 0 Å². The summed E-state index contributed by atoms with van der Waals surface area (Å²) in [5.41, 5.74) is -0.727. The fraction of sp³-hybridized carbons (Fsp3) is 0.364. The van der Waals surface area contributed by atoms with Gasteiger partial charge in [-0.25, -0.2) is 13.2 Å². The van der Waals surface area contributed by atoms with Crippen LogP contribution in [-0.4, -0.2) is 25.2 Å². The second-order valence-corrected chi connectivity index (χ2v) is 3.56. The van der Waals surface area contributed by atoms with E-state index in [4.69, 9.17) is 0 Å². The van der Waals surface area contributed by atoms with Crippen LogP contribution in [0.4, 0.5) is 26.3 Å². The van der Waals surface area contributed by atoms with E-state index in [0.717, 1.165) is 6.07 Å². The lowest BCUT2D eigenvalue weighted by Gasteiger charge is -2.07. The summed E-state index contributed by atoms with van der Waals surface area (Å²) >= 11 is 0. The summed E-state index contributed by atoms with van der Waals surface area (Å²) in [6.07, 6.45) is -5.10. The highest BCUT2D eigenvalue weighted by Crippen LogP contribution is 2.17. The van der Waals surface area contributed by atoms with Gasteiger partial charge in [-0.15, -0.1) is 0 Å². The monoisotopic (exact) mass is 286 g/mol. The van der Waals surface area contributed by atoms with Gasteiger partial charge in [-0.2, -0.15) is 13.2 Å². The van der Waals surface area contributed by atoms with Crippen molar-refractivity contribution in [3.05, 3.63) is 35.1 Å². The summed E-state index contributed by atoms with van der Waals surface area (Å²) in [5, 5.41) is 0. The Kier molecular flexibility index (Phi) is 4.93. The van der Waals surface area contributed by atoms with Crippen molar-refractivity contribution in [3.63, 3.8) is 0 Å². The average Bonchev–Trinajstić information content (AvgIpc) is 2.30. The van der Waals surface area contributed by atoms with Gasteiger partial charge in [0.05, 0.1) is 12.2 Å². The maximum atomic E-state index is 13.2. The molecule has 0 saturated heterocycles. The molecule has 0 N–H and O–H groups in total. The van der Waals surface area contributed by atoms with Crippen LogP contribution in [-0.2, 0) is 4.74 Å². The van der Waals surface area contributed by atoms with Crippen LogP contribution in [0.1, 0.15) is 16.8 Å².